The van der Waals surface area contributed by atoms with Crippen LogP contribution in [0.25, 0.3) is 0 Å². The van der Waals surface area contributed by atoms with E-state index < -0.39 is 0 Å². The molecule has 2 aromatic rings. The summed E-state index contributed by atoms with van der Waals surface area (Å²) >= 11 is 1.62. The van der Waals surface area contributed by atoms with E-state index in [1.165, 1.54) is 25.3 Å². The lowest BCUT2D eigenvalue weighted by Gasteiger charge is -2.08. The van der Waals surface area contributed by atoms with Gasteiger partial charge in [-0.15, -0.1) is 10.2 Å². The van der Waals surface area contributed by atoms with Crippen molar-refractivity contribution in [3.05, 3.63) is 35.9 Å². The predicted molar refractivity (Wildman–Crippen MR) is 80.2 cm³/mol. The number of para-hydroxylation sites is 1. The maximum absolute atomic E-state index is 13.4. The van der Waals surface area contributed by atoms with E-state index in [9.17, 15) is 4.39 Å². The minimum absolute atomic E-state index is 0.304. The van der Waals surface area contributed by atoms with Gasteiger partial charge >= 0.3 is 0 Å². The van der Waals surface area contributed by atoms with Gasteiger partial charge in [0.05, 0.1) is 6.61 Å². The van der Waals surface area contributed by atoms with Crippen molar-refractivity contribution in [2.24, 2.45) is 0 Å². The van der Waals surface area contributed by atoms with Gasteiger partial charge in [0.1, 0.15) is 5.82 Å². The van der Waals surface area contributed by atoms with Crippen molar-refractivity contribution in [2.45, 2.75) is 37.4 Å². The smallest absolute Gasteiger partial charge is 0.191 e. The number of halogens is 1. The first kappa shape index (κ1) is 14.4. The second-order valence-corrected chi connectivity index (χ2v) is 6.05. The molecular formula is C15H18FN3OS. The summed E-state index contributed by atoms with van der Waals surface area (Å²) in [5, 5.41) is 9.46. The number of benzene rings is 1. The van der Waals surface area contributed by atoms with E-state index in [4.69, 9.17) is 4.74 Å². The Hall–Kier alpha value is -1.56. The van der Waals surface area contributed by atoms with E-state index in [0.717, 1.165) is 29.7 Å². The van der Waals surface area contributed by atoms with Gasteiger partial charge in [-0.2, -0.15) is 0 Å². The molecule has 6 heteroatoms. The number of aryl methyl sites for hydroxylation is 1. The van der Waals surface area contributed by atoms with Crippen LogP contribution in [0, 0.1) is 5.82 Å². The largest absolute Gasteiger partial charge is 0.490 e. The van der Waals surface area contributed by atoms with Crippen LogP contribution in [-0.4, -0.2) is 27.1 Å². The Morgan fingerprint density at radius 2 is 2.10 bits per heavy atom. The highest BCUT2D eigenvalue weighted by molar-refractivity contribution is 7.99. The van der Waals surface area contributed by atoms with Crippen LogP contribution in [0.3, 0.4) is 0 Å². The van der Waals surface area contributed by atoms with Gasteiger partial charge < -0.3 is 9.30 Å². The molecule has 0 spiro atoms. The molecule has 2 heterocycles. The monoisotopic (exact) mass is 307 g/mol. The number of nitrogens with zero attached hydrogens (tertiary/aromatic N) is 3. The van der Waals surface area contributed by atoms with Crippen LogP contribution in [0.2, 0.25) is 0 Å². The topological polar surface area (TPSA) is 39.9 Å². The Labute approximate surface area is 127 Å². The second kappa shape index (κ2) is 6.93. The fraction of sp³-hybridized carbons (Fsp3) is 0.467. The molecule has 0 N–H and O–H groups in total. The zero-order valence-electron chi connectivity index (χ0n) is 11.8. The molecule has 0 fully saturated rings. The van der Waals surface area contributed by atoms with Crippen LogP contribution < -0.4 is 4.74 Å². The Bertz CT molecular complexity index is 602. The molecule has 0 bridgehead atoms. The third-order valence-electron chi connectivity index (χ3n) is 3.48. The number of aromatic nitrogens is 3. The zero-order valence-corrected chi connectivity index (χ0v) is 12.6. The lowest BCUT2D eigenvalue weighted by molar-refractivity contribution is 0.324. The van der Waals surface area contributed by atoms with Crippen LogP contribution >= 0.6 is 11.8 Å². The van der Waals surface area contributed by atoms with Crippen molar-refractivity contribution in [3.8, 4) is 5.75 Å². The standard InChI is InChI=1S/C15H18FN3OS/c16-12-6-3-4-7-13(12)20-10-11-21-15-18-17-14-8-2-1-5-9-19(14)15/h3-4,6-7H,1-2,5,8-11H2. The normalized spacial score (nSPS) is 14.5. The third-order valence-corrected chi connectivity index (χ3v) is 4.42. The number of ether oxygens (including phenoxy) is 1. The molecule has 0 unspecified atom stereocenters. The zero-order chi connectivity index (χ0) is 14.5. The van der Waals surface area contributed by atoms with Gasteiger partial charge in [0.2, 0.25) is 0 Å². The summed E-state index contributed by atoms with van der Waals surface area (Å²) < 4.78 is 21.1. The fourth-order valence-corrected chi connectivity index (χ4v) is 3.21. The lowest BCUT2D eigenvalue weighted by atomic mass is 10.2. The van der Waals surface area contributed by atoms with E-state index in [1.807, 2.05) is 0 Å². The quantitative estimate of drug-likeness (QED) is 0.627. The average molecular weight is 307 g/mol. The molecule has 21 heavy (non-hydrogen) atoms. The summed E-state index contributed by atoms with van der Waals surface area (Å²) in [6, 6.07) is 6.47. The molecule has 1 aliphatic heterocycles. The van der Waals surface area contributed by atoms with Crippen LogP contribution in [0.5, 0.6) is 5.75 Å². The van der Waals surface area contributed by atoms with Crippen molar-refractivity contribution >= 4 is 11.8 Å². The summed E-state index contributed by atoms with van der Waals surface area (Å²) in [6.45, 7) is 1.45. The van der Waals surface area contributed by atoms with E-state index in [-0.39, 0.29) is 5.82 Å². The van der Waals surface area contributed by atoms with Gasteiger partial charge in [0, 0.05) is 18.7 Å². The average Bonchev–Trinajstić information content (AvgIpc) is 2.73. The summed E-state index contributed by atoms with van der Waals surface area (Å²) in [6.07, 6.45) is 4.65. The minimum Gasteiger partial charge on any atom is -0.490 e. The molecule has 0 radical (unpaired) electrons. The molecule has 112 valence electrons. The highest BCUT2D eigenvalue weighted by Crippen LogP contribution is 2.22. The van der Waals surface area contributed by atoms with E-state index in [0.29, 0.717) is 12.4 Å². The SMILES string of the molecule is Fc1ccccc1OCCSc1nnc2n1CCCCC2. The molecule has 0 atom stereocenters. The molecule has 0 saturated heterocycles. The first-order valence-electron chi connectivity index (χ1n) is 7.27. The van der Waals surface area contributed by atoms with Gasteiger partial charge in [-0.25, -0.2) is 4.39 Å². The third kappa shape index (κ3) is 3.56. The molecule has 1 aliphatic rings. The number of fused-ring (bicyclic) bond motifs is 1. The van der Waals surface area contributed by atoms with Gasteiger partial charge in [-0.05, 0) is 25.0 Å². The lowest BCUT2D eigenvalue weighted by Crippen LogP contribution is -2.05. The summed E-state index contributed by atoms with van der Waals surface area (Å²) in [4.78, 5) is 0. The number of thioether (sulfide) groups is 1. The van der Waals surface area contributed by atoms with Crippen molar-refractivity contribution in [1.82, 2.24) is 14.8 Å². The van der Waals surface area contributed by atoms with E-state index in [1.54, 1.807) is 30.0 Å². The second-order valence-electron chi connectivity index (χ2n) is 4.99. The van der Waals surface area contributed by atoms with Crippen molar-refractivity contribution in [3.63, 3.8) is 0 Å². The van der Waals surface area contributed by atoms with Crippen molar-refractivity contribution < 1.29 is 9.13 Å². The number of hydrogen-bond acceptors (Lipinski definition) is 4. The van der Waals surface area contributed by atoms with Crippen LogP contribution in [0.4, 0.5) is 4.39 Å². The van der Waals surface area contributed by atoms with Gasteiger partial charge in [-0.3, -0.25) is 0 Å². The minimum atomic E-state index is -0.321. The van der Waals surface area contributed by atoms with Gasteiger partial charge in [-0.1, -0.05) is 30.3 Å². The number of hydrogen-bond donors (Lipinski definition) is 0. The molecule has 0 saturated carbocycles. The molecule has 0 amide bonds. The molecular weight excluding hydrogens is 289 g/mol. The van der Waals surface area contributed by atoms with Gasteiger partial charge in [0.25, 0.3) is 0 Å². The molecule has 4 nitrogen and oxygen atoms in total. The van der Waals surface area contributed by atoms with Crippen LogP contribution in [0.15, 0.2) is 29.4 Å². The Morgan fingerprint density at radius 3 is 3.00 bits per heavy atom. The van der Waals surface area contributed by atoms with E-state index >= 15 is 0 Å². The fourth-order valence-electron chi connectivity index (χ4n) is 2.41. The summed E-state index contributed by atoms with van der Waals surface area (Å²) in [5.74, 6) is 1.80. The Balaban J connectivity index is 1.52. The van der Waals surface area contributed by atoms with Crippen molar-refractivity contribution in [1.29, 1.82) is 0 Å². The van der Waals surface area contributed by atoms with Crippen molar-refractivity contribution in [2.75, 3.05) is 12.4 Å². The molecule has 1 aromatic carbocycles. The van der Waals surface area contributed by atoms with Gasteiger partial charge in [0.15, 0.2) is 16.7 Å². The molecule has 1 aromatic heterocycles. The maximum Gasteiger partial charge on any atom is 0.191 e. The first-order valence-corrected chi connectivity index (χ1v) is 8.25. The summed E-state index contributed by atoms with van der Waals surface area (Å²) in [7, 11) is 0. The van der Waals surface area contributed by atoms with Crippen LogP contribution in [-0.2, 0) is 13.0 Å². The molecule has 3 rings (SSSR count). The first-order chi connectivity index (χ1) is 10.3. The summed E-state index contributed by atoms with van der Waals surface area (Å²) in [5.41, 5.74) is 0. The molecule has 0 aliphatic carbocycles. The Kier molecular flexibility index (Phi) is 4.75. The maximum atomic E-state index is 13.4. The highest BCUT2D eigenvalue weighted by atomic mass is 32.2. The Morgan fingerprint density at radius 1 is 1.19 bits per heavy atom. The van der Waals surface area contributed by atoms with E-state index in [2.05, 4.69) is 14.8 Å². The highest BCUT2D eigenvalue weighted by Gasteiger charge is 2.14. The predicted octanol–water partition coefficient (Wildman–Crippen LogP) is 3.31. The number of rotatable bonds is 5. The van der Waals surface area contributed by atoms with Crippen LogP contribution in [0.1, 0.15) is 25.1 Å².